The fourth-order valence-corrected chi connectivity index (χ4v) is 4.27. The van der Waals surface area contributed by atoms with Crippen LogP contribution in [0.15, 0.2) is 47.4 Å². The minimum absolute atomic E-state index is 0.103. The average Bonchev–Trinajstić information content (AvgIpc) is 3.23. The van der Waals surface area contributed by atoms with Crippen LogP contribution in [0.5, 0.6) is 11.5 Å². The zero-order valence-corrected chi connectivity index (χ0v) is 20.7. The molecule has 35 heavy (non-hydrogen) atoms. The number of H-pyrrole nitrogens is 1. The number of pyridine rings is 1. The number of benzene rings is 2. The fourth-order valence-electron chi connectivity index (χ4n) is 4.27. The normalized spacial score (nSPS) is 11.8. The summed E-state index contributed by atoms with van der Waals surface area (Å²) in [5.74, 6) is 0.555. The number of fused-ring (bicyclic) bond motifs is 1. The highest BCUT2D eigenvalue weighted by Crippen LogP contribution is 2.40. The van der Waals surface area contributed by atoms with E-state index in [9.17, 15) is 19.1 Å². The third-order valence-electron chi connectivity index (χ3n) is 6.20. The van der Waals surface area contributed by atoms with Crippen molar-refractivity contribution in [2.75, 3.05) is 0 Å². The van der Waals surface area contributed by atoms with Crippen LogP contribution in [0, 0.1) is 19.7 Å². The van der Waals surface area contributed by atoms with E-state index < -0.39 is 5.60 Å². The Kier molecular flexibility index (Phi) is 6.15. The van der Waals surface area contributed by atoms with Gasteiger partial charge in [-0.3, -0.25) is 9.59 Å². The van der Waals surface area contributed by atoms with Crippen LogP contribution >= 0.6 is 0 Å². The number of halogens is 1. The zero-order valence-electron chi connectivity index (χ0n) is 20.7. The van der Waals surface area contributed by atoms with Crippen molar-refractivity contribution in [3.05, 3.63) is 81.2 Å². The molecule has 6 nitrogen and oxygen atoms in total. The van der Waals surface area contributed by atoms with Gasteiger partial charge in [-0.1, -0.05) is 13.0 Å². The lowest BCUT2D eigenvalue weighted by Crippen LogP contribution is -2.17. The summed E-state index contributed by atoms with van der Waals surface area (Å²) >= 11 is 0. The maximum atomic E-state index is 13.9. The van der Waals surface area contributed by atoms with Crippen molar-refractivity contribution in [2.24, 2.45) is 7.05 Å². The second-order valence-corrected chi connectivity index (χ2v) is 9.45. The first-order chi connectivity index (χ1) is 16.4. The first-order valence-electron chi connectivity index (χ1n) is 11.5. The van der Waals surface area contributed by atoms with Crippen LogP contribution in [0.1, 0.15) is 54.4 Å². The molecule has 0 radical (unpaired) electrons. The van der Waals surface area contributed by atoms with Gasteiger partial charge in [0.05, 0.1) is 11.3 Å². The molecule has 2 heterocycles. The number of nitrogens with zero attached hydrogens (tertiary/aromatic N) is 1. The number of aromatic amines is 1. The molecule has 0 saturated carbocycles. The lowest BCUT2D eigenvalue weighted by atomic mass is 9.93. The van der Waals surface area contributed by atoms with Gasteiger partial charge in [-0.05, 0) is 74.7 Å². The number of hydrogen-bond donors (Lipinski definition) is 2. The number of nitrogens with one attached hydrogen (secondary N) is 1. The Hall–Kier alpha value is -3.71. The maximum absolute atomic E-state index is 13.9. The Labute approximate surface area is 203 Å². The lowest BCUT2D eigenvalue weighted by molar-refractivity contribution is 0.0786. The predicted octanol–water partition coefficient (Wildman–Crippen LogP) is 5.90. The van der Waals surface area contributed by atoms with Gasteiger partial charge in [0.15, 0.2) is 5.78 Å². The summed E-state index contributed by atoms with van der Waals surface area (Å²) in [6.07, 6.45) is 1.99. The molecule has 0 aliphatic rings. The second-order valence-electron chi connectivity index (χ2n) is 9.45. The molecule has 0 bridgehead atoms. The summed E-state index contributed by atoms with van der Waals surface area (Å²) in [5, 5.41) is 11.3. The van der Waals surface area contributed by atoms with Crippen LogP contribution in [0.2, 0.25) is 0 Å². The number of Topliss-reactive ketones (excluding diaryl/α,β-unsaturated/α-hetero) is 1. The molecule has 0 amide bonds. The molecular weight excluding hydrogens is 447 g/mol. The van der Waals surface area contributed by atoms with Gasteiger partial charge in [0.2, 0.25) is 0 Å². The topological polar surface area (TPSA) is 84.3 Å². The summed E-state index contributed by atoms with van der Waals surface area (Å²) in [6.45, 7) is 8.68. The third-order valence-corrected chi connectivity index (χ3v) is 6.20. The molecule has 182 valence electrons. The van der Waals surface area contributed by atoms with Crippen molar-refractivity contribution in [1.29, 1.82) is 0 Å². The number of aromatic nitrogens is 2. The van der Waals surface area contributed by atoms with E-state index in [0.717, 1.165) is 0 Å². The van der Waals surface area contributed by atoms with E-state index in [0.29, 0.717) is 62.3 Å². The summed E-state index contributed by atoms with van der Waals surface area (Å²) in [5.41, 5.74) is 2.51. The number of aryl methyl sites for hydroxylation is 3. The Bertz CT molecular complexity index is 1500. The molecule has 0 saturated heterocycles. The smallest absolute Gasteiger partial charge is 0.274 e. The molecule has 0 unspecified atom stereocenters. The Morgan fingerprint density at radius 1 is 1.11 bits per heavy atom. The van der Waals surface area contributed by atoms with Gasteiger partial charge < -0.3 is 19.4 Å². The highest BCUT2D eigenvalue weighted by molar-refractivity contribution is 6.03. The van der Waals surface area contributed by atoms with E-state index in [-0.39, 0.29) is 17.2 Å². The second kappa shape index (κ2) is 8.82. The summed E-state index contributed by atoms with van der Waals surface area (Å²) < 4.78 is 21.7. The van der Waals surface area contributed by atoms with Gasteiger partial charge in [-0.15, -0.1) is 0 Å². The summed E-state index contributed by atoms with van der Waals surface area (Å²) in [7, 11) is 1.64. The van der Waals surface area contributed by atoms with E-state index >= 15 is 0 Å². The molecule has 4 aromatic rings. The quantitative estimate of drug-likeness (QED) is 0.339. The van der Waals surface area contributed by atoms with Crippen LogP contribution in [0.25, 0.3) is 22.0 Å². The van der Waals surface area contributed by atoms with Crippen molar-refractivity contribution in [2.45, 2.75) is 46.6 Å². The van der Waals surface area contributed by atoms with Gasteiger partial charge >= 0.3 is 0 Å². The molecule has 2 aromatic heterocycles. The molecule has 7 heteroatoms. The Morgan fingerprint density at radius 2 is 1.77 bits per heavy atom. The largest absolute Gasteiger partial charge is 0.456 e. The lowest BCUT2D eigenvalue weighted by Gasteiger charge is -2.22. The monoisotopic (exact) mass is 476 g/mol. The summed E-state index contributed by atoms with van der Waals surface area (Å²) in [6, 6.07) is 9.85. The average molecular weight is 477 g/mol. The van der Waals surface area contributed by atoms with E-state index in [2.05, 4.69) is 4.98 Å². The van der Waals surface area contributed by atoms with Crippen molar-refractivity contribution in [3.8, 4) is 22.6 Å². The van der Waals surface area contributed by atoms with Crippen molar-refractivity contribution in [1.82, 2.24) is 9.55 Å². The first-order valence-corrected chi connectivity index (χ1v) is 11.5. The number of ether oxygens (including phenoxy) is 1. The van der Waals surface area contributed by atoms with E-state index in [1.165, 1.54) is 16.7 Å². The van der Waals surface area contributed by atoms with Crippen LogP contribution in [-0.2, 0) is 12.6 Å². The molecule has 2 aromatic carbocycles. The minimum atomic E-state index is -1.13. The first kappa shape index (κ1) is 24.4. The van der Waals surface area contributed by atoms with E-state index in [1.54, 1.807) is 66.1 Å². The number of hydrogen-bond acceptors (Lipinski definition) is 4. The molecule has 0 atom stereocenters. The van der Waals surface area contributed by atoms with Gasteiger partial charge in [0.1, 0.15) is 22.8 Å². The van der Waals surface area contributed by atoms with E-state index in [1.807, 2.05) is 6.07 Å². The molecule has 2 N–H and O–H groups in total. The van der Waals surface area contributed by atoms with Crippen LogP contribution in [0.3, 0.4) is 0 Å². The summed E-state index contributed by atoms with van der Waals surface area (Å²) in [4.78, 5) is 28.3. The van der Waals surface area contributed by atoms with Crippen LogP contribution in [-0.4, -0.2) is 20.4 Å². The molecular formula is C28H29FN2O4. The highest BCUT2D eigenvalue weighted by atomic mass is 19.1. The van der Waals surface area contributed by atoms with Crippen molar-refractivity contribution in [3.63, 3.8) is 0 Å². The number of ketones is 1. The number of carbonyl (C=O) groups is 1. The van der Waals surface area contributed by atoms with Crippen molar-refractivity contribution >= 4 is 16.7 Å². The molecule has 0 aliphatic carbocycles. The van der Waals surface area contributed by atoms with Gasteiger partial charge in [0, 0.05) is 36.2 Å². The van der Waals surface area contributed by atoms with Crippen LogP contribution < -0.4 is 10.3 Å². The molecule has 0 fully saturated rings. The van der Waals surface area contributed by atoms with Gasteiger partial charge in [0.25, 0.3) is 5.56 Å². The fraction of sp³-hybridized carbons (Fsp3) is 0.286. The van der Waals surface area contributed by atoms with Gasteiger partial charge in [-0.25, -0.2) is 4.39 Å². The number of rotatable bonds is 6. The molecule has 4 rings (SSSR count). The highest BCUT2D eigenvalue weighted by Gasteiger charge is 2.23. The van der Waals surface area contributed by atoms with Gasteiger partial charge in [-0.2, -0.15) is 0 Å². The maximum Gasteiger partial charge on any atom is 0.274 e. The zero-order chi connectivity index (χ0) is 25.7. The molecule has 0 aliphatic heterocycles. The van der Waals surface area contributed by atoms with Crippen molar-refractivity contribution < 1.29 is 19.0 Å². The van der Waals surface area contributed by atoms with E-state index in [4.69, 9.17) is 4.74 Å². The third kappa shape index (κ3) is 4.51. The van der Waals surface area contributed by atoms with Crippen LogP contribution in [0.4, 0.5) is 4.39 Å². The Balaban J connectivity index is 2.02. The number of aliphatic hydroxyl groups is 1. The SMILES string of the molecule is CCC(=O)c1cc2c(-c3cc(C(C)(C)O)ccc3Oc3c(C)cc(F)cc3C)cn(C)c(=O)c2[nH]1. The standard InChI is InChI=1S/C28H29FN2O4/c1-7-23(32)22-13-20-21(14-31(6)27(33)25(20)30-22)19-12-17(28(4,5)34)8-9-24(19)35-26-15(2)10-18(29)11-16(26)3/h8-14,30,34H,7H2,1-6H3. The minimum Gasteiger partial charge on any atom is -0.456 e. The predicted molar refractivity (Wildman–Crippen MR) is 135 cm³/mol. The molecule has 0 spiro atoms. The Morgan fingerprint density at radius 3 is 2.37 bits per heavy atom. The number of carbonyl (C=O) groups excluding carboxylic acids is 1.